The molecule has 0 aliphatic heterocycles. The van der Waals surface area contributed by atoms with Crippen LogP contribution in [0.4, 0.5) is 5.69 Å². The zero-order chi connectivity index (χ0) is 18.2. The molecule has 0 radical (unpaired) electrons. The van der Waals surface area contributed by atoms with E-state index in [-0.39, 0.29) is 13.0 Å². The average molecular weight is 382 g/mol. The van der Waals surface area contributed by atoms with Crippen LogP contribution in [0.2, 0.25) is 10.0 Å². The number of amides is 1. The molecule has 0 fully saturated rings. The number of hydrogen-bond acceptors (Lipinski definition) is 4. The second-order valence-corrected chi connectivity index (χ2v) is 6.04. The van der Waals surface area contributed by atoms with Crippen LogP contribution in [0.25, 0.3) is 0 Å². The first-order valence-electron chi connectivity index (χ1n) is 7.54. The van der Waals surface area contributed by atoms with Crippen molar-refractivity contribution in [2.75, 3.05) is 18.5 Å². The van der Waals surface area contributed by atoms with E-state index in [2.05, 4.69) is 5.32 Å². The maximum Gasteiger partial charge on any atom is 0.309 e. The third kappa shape index (κ3) is 6.29. The zero-order valence-corrected chi connectivity index (χ0v) is 15.1. The van der Waals surface area contributed by atoms with Crippen LogP contribution in [0.1, 0.15) is 12.0 Å². The molecule has 7 heteroatoms. The Bertz CT molecular complexity index is 764. The van der Waals surface area contributed by atoms with Crippen molar-refractivity contribution in [3.05, 3.63) is 58.1 Å². The molecule has 0 heterocycles. The van der Waals surface area contributed by atoms with Crippen molar-refractivity contribution in [3.8, 4) is 5.75 Å². The summed E-state index contributed by atoms with van der Waals surface area (Å²) in [5.41, 5.74) is 1.34. The lowest BCUT2D eigenvalue weighted by Gasteiger charge is -2.10. The molecule has 0 atom stereocenters. The van der Waals surface area contributed by atoms with Crippen molar-refractivity contribution in [3.63, 3.8) is 0 Å². The first kappa shape index (κ1) is 19.1. The van der Waals surface area contributed by atoms with E-state index in [1.807, 2.05) is 31.2 Å². The predicted octanol–water partition coefficient (Wildman–Crippen LogP) is 4.25. The van der Waals surface area contributed by atoms with E-state index in [1.165, 1.54) is 6.07 Å². The van der Waals surface area contributed by atoms with Gasteiger partial charge in [-0.05, 0) is 36.8 Å². The number of para-hydroxylation sites is 1. The number of rotatable bonds is 7. The highest BCUT2D eigenvalue weighted by Crippen LogP contribution is 2.25. The van der Waals surface area contributed by atoms with Crippen molar-refractivity contribution < 1.29 is 19.1 Å². The molecular weight excluding hydrogens is 365 g/mol. The number of benzene rings is 2. The van der Waals surface area contributed by atoms with Crippen LogP contribution in [-0.4, -0.2) is 25.1 Å². The van der Waals surface area contributed by atoms with Crippen molar-refractivity contribution in [1.29, 1.82) is 0 Å². The van der Waals surface area contributed by atoms with E-state index in [9.17, 15) is 9.59 Å². The summed E-state index contributed by atoms with van der Waals surface area (Å²) in [4.78, 5) is 23.5. The molecule has 1 amide bonds. The third-order valence-electron chi connectivity index (χ3n) is 3.22. The third-order valence-corrected chi connectivity index (χ3v) is 3.79. The van der Waals surface area contributed by atoms with Crippen molar-refractivity contribution in [1.82, 2.24) is 0 Å². The fraction of sp³-hybridized carbons (Fsp3) is 0.222. The van der Waals surface area contributed by atoms with Gasteiger partial charge in [0, 0.05) is 5.02 Å². The Morgan fingerprint density at radius 2 is 1.88 bits per heavy atom. The molecule has 0 aliphatic rings. The summed E-state index contributed by atoms with van der Waals surface area (Å²) in [6.45, 7) is 1.68. The van der Waals surface area contributed by atoms with Crippen LogP contribution in [0, 0.1) is 6.92 Å². The van der Waals surface area contributed by atoms with Gasteiger partial charge in [-0.3, -0.25) is 9.59 Å². The first-order valence-corrected chi connectivity index (χ1v) is 8.30. The van der Waals surface area contributed by atoms with Crippen molar-refractivity contribution in [2.45, 2.75) is 13.3 Å². The van der Waals surface area contributed by atoms with Gasteiger partial charge in [0.25, 0.3) is 5.91 Å². The van der Waals surface area contributed by atoms with Gasteiger partial charge in [0.15, 0.2) is 6.61 Å². The summed E-state index contributed by atoms with van der Waals surface area (Å²) < 4.78 is 10.4. The smallest absolute Gasteiger partial charge is 0.309 e. The number of nitrogens with one attached hydrogen (secondary N) is 1. The van der Waals surface area contributed by atoms with E-state index in [0.717, 1.165) is 5.56 Å². The van der Waals surface area contributed by atoms with Crippen molar-refractivity contribution >= 4 is 40.8 Å². The fourth-order valence-electron chi connectivity index (χ4n) is 1.96. The molecule has 0 bridgehead atoms. The Morgan fingerprint density at radius 3 is 2.64 bits per heavy atom. The topological polar surface area (TPSA) is 64.6 Å². The lowest BCUT2D eigenvalue weighted by molar-refractivity contribution is -0.147. The minimum Gasteiger partial charge on any atom is -0.493 e. The molecule has 0 aromatic heterocycles. The van der Waals surface area contributed by atoms with Gasteiger partial charge in [-0.25, -0.2) is 0 Å². The molecule has 0 saturated carbocycles. The van der Waals surface area contributed by atoms with Crippen LogP contribution in [-0.2, 0) is 14.3 Å². The number of ether oxygens (including phenoxy) is 2. The Morgan fingerprint density at radius 1 is 1.12 bits per heavy atom. The van der Waals surface area contributed by atoms with Gasteiger partial charge in [-0.2, -0.15) is 0 Å². The number of esters is 1. The minimum atomic E-state index is -0.527. The molecular formula is C18H17Cl2NO4. The number of halogens is 2. The summed E-state index contributed by atoms with van der Waals surface area (Å²) in [5.74, 6) is -0.318. The average Bonchev–Trinajstić information content (AvgIpc) is 2.58. The standard InChI is InChI=1S/C18H17Cl2NO4/c1-12-4-2-3-5-16(12)24-9-8-18(23)25-11-17(22)21-15-10-13(19)6-7-14(15)20/h2-7,10H,8-9,11H2,1H3,(H,21,22). The van der Waals surface area contributed by atoms with Gasteiger partial charge in [-0.1, -0.05) is 41.4 Å². The van der Waals surface area contributed by atoms with E-state index in [4.69, 9.17) is 32.7 Å². The largest absolute Gasteiger partial charge is 0.493 e. The molecule has 0 spiro atoms. The maximum absolute atomic E-state index is 11.8. The maximum atomic E-state index is 11.8. The zero-order valence-electron chi connectivity index (χ0n) is 13.6. The van der Waals surface area contributed by atoms with E-state index < -0.39 is 18.5 Å². The lowest BCUT2D eigenvalue weighted by atomic mass is 10.2. The quantitative estimate of drug-likeness (QED) is 0.727. The Labute approximate surface area is 155 Å². The molecule has 132 valence electrons. The Kier molecular flexibility index (Phi) is 7.10. The summed E-state index contributed by atoms with van der Waals surface area (Å²) in [6, 6.07) is 12.2. The Hall–Kier alpha value is -2.24. The molecule has 0 unspecified atom stereocenters. The molecule has 25 heavy (non-hydrogen) atoms. The van der Waals surface area contributed by atoms with Gasteiger partial charge in [0.05, 0.1) is 23.7 Å². The summed E-state index contributed by atoms with van der Waals surface area (Å²) >= 11 is 11.8. The second-order valence-electron chi connectivity index (χ2n) is 5.20. The molecule has 2 rings (SSSR count). The van der Waals surface area contributed by atoms with Gasteiger partial charge in [0.1, 0.15) is 5.75 Å². The monoisotopic (exact) mass is 381 g/mol. The molecule has 2 aromatic carbocycles. The van der Waals surface area contributed by atoms with Crippen LogP contribution < -0.4 is 10.1 Å². The molecule has 1 N–H and O–H groups in total. The van der Waals surface area contributed by atoms with Crippen molar-refractivity contribution in [2.24, 2.45) is 0 Å². The summed E-state index contributed by atoms with van der Waals surface area (Å²) in [7, 11) is 0. The minimum absolute atomic E-state index is 0.0412. The number of carbonyl (C=O) groups is 2. The highest BCUT2D eigenvalue weighted by atomic mass is 35.5. The number of hydrogen-bond donors (Lipinski definition) is 1. The highest BCUT2D eigenvalue weighted by Gasteiger charge is 2.10. The molecule has 2 aromatic rings. The number of carbonyl (C=O) groups excluding carboxylic acids is 2. The van der Waals surface area contributed by atoms with Crippen LogP contribution in [0.15, 0.2) is 42.5 Å². The van der Waals surface area contributed by atoms with Gasteiger partial charge >= 0.3 is 5.97 Å². The number of anilines is 1. The van der Waals surface area contributed by atoms with Crippen LogP contribution in [0.5, 0.6) is 5.75 Å². The SMILES string of the molecule is Cc1ccccc1OCCC(=O)OCC(=O)Nc1cc(Cl)ccc1Cl. The number of aryl methyl sites for hydroxylation is 1. The summed E-state index contributed by atoms with van der Waals surface area (Å²) in [6.07, 6.45) is 0.0412. The molecule has 0 saturated heterocycles. The fourth-order valence-corrected chi connectivity index (χ4v) is 2.30. The van der Waals surface area contributed by atoms with Gasteiger partial charge < -0.3 is 14.8 Å². The highest BCUT2D eigenvalue weighted by molar-refractivity contribution is 6.35. The van der Waals surface area contributed by atoms with Crippen LogP contribution >= 0.6 is 23.2 Å². The first-order chi connectivity index (χ1) is 12.0. The van der Waals surface area contributed by atoms with Gasteiger partial charge in [0.2, 0.25) is 0 Å². The van der Waals surface area contributed by atoms with Gasteiger partial charge in [-0.15, -0.1) is 0 Å². The normalized spacial score (nSPS) is 10.2. The molecule has 5 nitrogen and oxygen atoms in total. The van der Waals surface area contributed by atoms with Crippen LogP contribution in [0.3, 0.4) is 0 Å². The van der Waals surface area contributed by atoms with E-state index in [0.29, 0.717) is 21.5 Å². The van der Waals surface area contributed by atoms with E-state index >= 15 is 0 Å². The summed E-state index contributed by atoms with van der Waals surface area (Å²) in [5, 5.41) is 3.31. The Balaban J connectivity index is 1.71. The second kappa shape index (κ2) is 9.30. The predicted molar refractivity (Wildman–Crippen MR) is 97.3 cm³/mol. The lowest BCUT2D eigenvalue weighted by Crippen LogP contribution is -2.21. The molecule has 0 aliphatic carbocycles. The van der Waals surface area contributed by atoms with E-state index in [1.54, 1.807) is 12.1 Å².